The van der Waals surface area contributed by atoms with E-state index in [1.54, 1.807) is 6.07 Å². The lowest BCUT2D eigenvalue weighted by molar-refractivity contribution is 0.171. The summed E-state index contributed by atoms with van der Waals surface area (Å²) in [6, 6.07) is 9.59. The molecule has 1 aliphatic rings. The maximum absolute atomic E-state index is 13.4. The third-order valence-corrected chi connectivity index (χ3v) is 3.94. The van der Waals surface area contributed by atoms with Crippen molar-refractivity contribution in [2.75, 3.05) is 13.2 Å². The zero-order valence-corrected chi connectivity index (χ0v) is 12.2. The number of hydrogen-bond acceptors (Lipinski definition) is 3. The van der Waals surface area contributed by atoms with Crippen molar-refractivity contribution >= 4 is 15.9 Å². The molecule has 0 spiro atoms. The van der Waals surface area contributed by atoms with Crippen LogP contribution in [0.25, 0.3) is 0 Å². The van der Waals surface area contributed by atoms with E-state index < -0.39 is 6.04 Å². The summed E-state index contributed by atoms with van der Waals surface area (Å²) in [5.41, 5.74) is 7.77. The van der Waals surface area contributed by atoms with Gasteiger partial charge in [-0.1, -0.05) is 22.0 Å². The maximum Gasteiger partial charge on any atom is 0.161 e. The lowest BCUT2D eigenvalue weighted by Gasteiger charge is -2.21. The van der Waals surface area contributed by atoms with Gasteiger partial charge in [0.05, 0.1) is 6.04 Å². The van der Waals surface area contributed by atoms with Crippen LogP contribution >= 0.6 is 15.9 Å². The van der Waals surface area contributed by atoms with Crippen LogP contribution in [0.1, 0.15) is 17.2 Å². The van der Waals surface area contributed by atoms with E-state index in [2.05, 4.69) is 15.9 Å². The van der Waals surface area contributed by atoms with Crippen molar-refractivity contribution in [1.29, 1.82) is 0 Å². The van der Waals surface area contributed by atoms with Crippen molar-refractivity contribution in [3.05, 3.63) is 57.8 Å². The monoisotopic (exact) mass is 337 g/mol. The molecule has 5 heteroatoms. The van der Waals surface area contributed by atoms with Crippen LogP contribution in [0.2, 0.25) is 0 Å². The fourth-order valence-electron chi connectivity index (χ4n) is 2.19. The molecule has 0 fully saturated rings. The summed E-state index contributed by atoms with van der Waals surface area (Å²) in [5.74, 6) is 1.08. The molecule has 0 bridgehead atoms. The average Bonchev–Trinajstić information content (AvgIpc) is 2.48. The number of ether oxygens (including phenoxy) is 2. The van der Waals surface area contributed by atoms with Crippen molar-refractivity contribution in [1.82, 2.24) is 0 Å². The van der Waals surface area contributed by atoms with Gasteiger partial charge in [-0.05, 0) is 41.5 Å². The molecular formula is C15H13BrFNO2. The second-order valence-electron chi connectivity index (χ2n) is 4.55. The number of rotatable bonds is 2. The van der Waals surface area contributed by atoms with Gasteiger partial charge in [0.1, 0.15) is 19.0 Å². The van der Waals surface area contributed by atoms with E-state index in [1.165, 1.54) is 12.1 Å². The average molecular weight is 338 g/mol. The number of hydrogen-bond donors (Lipinski definition) is 1. The number of fused-ring (bicyclic) bond motifs is 1. The van der Waals surface area contributed by atoms with E-state index in [-0.39, 0.29) is 5.82 Å². The summed E-state index contributed by atoms with van der Waals surface area (Å²) in [5, 5.41) is 0. The highest BCUT2D eigenvalue weighted by Crippen LogP contribution is 2.35. The molecule has 1 aliphatic heterocycles. The fraction of sp³-hybridized carbons (Fsp3) is 0.200. The third-order valence-electron chi connectivity index (χ3n) is 3.22. The first-order valence-corrected chi connectivity index (χ1v) is 7.04. The van der Waals surface area contributed by atoms with Crippen LogP contribution in [-0.4, -0.2) is 13.2 Å². The van der Waals surface area contributed by atoms with E-state index in [4.69, 9.17) is 15.2 Å². The maximum atomic E-state index is 13.4. The predicted molar refractivity (Wildman–Crippen MR) is 77.6 cm³/mol. The zero-order valence-electron chi connectivity index (χ0n) is 10.6. The quantitative estimate of drug-likeness (QED) is 0.913. The molecule has 2 aromatic rings. The smallest absolute Gasteiger partial charge is 0.161 e. The molecule has 1 atom stereocenters. The summed E-state index contributed by atoms with van der Waals surface area (Å²) in [6.07, 6.45) is 0. The van der Waals surface area contributed by atoms with Gasteiger partial charge in [-0.25, -0.2) is 4.39 Å². The highest BCUT2D eigenvalue weighted by molar-refractivity contribution is 9.10. The first-order chi connectivity index (χ1) is 9.65. The molecule has 0 aromatic heterocycles. The van der Waals surface area contributed by atoms with Gasteiger partial charge in [0.25, 0.3) is 0 Å². The summed E-state index contributed by atoms with van der Waals surface area (Å²) in [7, 11) is 0. The van der Waals surface area contributed by atoms with E-state index in [9.17, 15) is 4.39 Å². The summed E-state index contributed by atoms with van der Waals surface area (Å²) < 4.78 is 25.2. The topological polar surface area (TPSA) is 44.5 Å². The number of halogens is 2. The Kier molecular flexibility index (Phi) is 3.63. The molecule has 0 saturated heterocycles. The molecule has 1 unspecified atom stereocenters. The Bertz CT molecular complexity index is 648. The first-order valence-electron chi connectivity index (χ1n) is 6.25. The van der Waals surface area contributed by atoms with Crippen molar-refractivity contribution in [2.24, 2.45) is 5.73 Å². The zero-order chi connectivity index (χ0) is 14.1. The molecule has 104 valence electrons. The largest absolute Gasteiger partial charge is 0.486 e. The summed E-state index contributed by atoms with van der Waals surface area (Å²) >= 11 is 3.40. The molecule has 1 heterocycles. The van der Waals surface area contributed by atoms with Crippen LogP contribution in [0.15, 0.2) is 40.9 Å². The standard InChI is InChI=1S/C15H13BrFNO2/c16-12-3-2-10(17)8-11(12)15(18)9-1-4-13-14(7-9)20-6-5-19-13/h1-4,7-8,15H,5-6,18H2. The van der Waals surface area contributed by atoms with Crippen molar-refractivity contribution in [2.45, 2.75) is 6.04 Å². The fourth-order valence-corrected chi connectivity index (χ4v) is 2.68. The summed E-state index contributed by atoms with van der Waals surface area (Å²) in [4.78, 5) is 0. The van der Waals surface area contributed by atoms with Crippen LogP contribution in [0.4, 0.5) is 4.39 Å². The Balaban J connectivity index is 1.97. The first kappa shape index (κ1) is 13.4. The van der Waals surface area contributed by atoms with Gasteiger partial charge >= 0.3 is 0 Å². The Labute approximate surface area is 124 Å². The lowest BCUT2D eigenvalue weighted by atomic mass is 9.99. The van der Waals surface area contributed by atoms with Crippen LogP contribution in [0.5, 0.6) is 11.5 Å². The van der Waals surface area contributed by atoms with Gasteiger partial charge < -0.3 is 15.2 Å². The Hall–Kier alpha value is -1.59. The minimum atomic E-state index is -0.434. The molecule has 2 aromatic carbocycles. The highest BCUT2D eigenvalue weighted by atomic mass is 79.9. The molecule has 0 amide bonds. The van der Waals surface area contributed by atoms with Crippen molar-refractivity contribution in [3.8, 4) is 11.5 Å². The Morgan fingerprint density at radius 1 is 1.05 bits per heavy atom. The van der Waals surface area contributed by atoms with Gasteiger partial charge in [-0.15, -0.1) is 0 Å². The molecule has 3 rings (SSSR count). The van der Waals surface area contributed by atoms with Gasteiger partial charge in [-0.2, -0.15) is 0 Å². The number of nitrogens with two attached hydrogens (primary N) is 1. The molecule has 20 heavy (non-hydrogen) atoms. The minimum Gasteiger partial charge on any atom is -0.486 e. The third kappa shape index (κ3) is 2.51. The molecule has 2 N–H and O–H groups in total. The van der Waals surface area contributed by atoms with Crippen LogP contribution < -0.4 is 15.2 Å². The van der Waals surface area contributed by atoms with Gasteiger partial charge in [0, 0.05) is 4.47 Å². The predicted octanol–water partition coefficient (Wildman–Crippen LogP) is 3.41. The molecule has 0 radical (unpaired) electrons. The SMILES string of the molecule is NC(c1ccc2c(c1)OCCO2)c1cc(F)ccc1Br. The second-order valence-corrected chi connectivity index (χ2v) is 5.40. The van der Waals surface area contributed by atoms with Crippen LogP contribution in [-0.2, 0) is 0 Å². The van der Waals surface area contributed by atoms with E-state index in [0.29, 0.717) is 30.3 Å². The summed E-state index contributed by atoms with van der Waals surface area (Å²) in [6.45, 7) is 1.07. The molecule has 0 saturated carbocycles. The van der Waals surface area contributed by atoms with Crippen LogP contribution in [0.3, 0.4) is 0 Å². The molecule has 3 nitrogen and oxygen atoms in total. The van der Waals surface area contributed by atoms with Crippen molar-refractivity contribution in [3.63, 3.8) is 0 Å². The minimum absolute atomic E-state index is 0.309. The normalized spacial score (nSPS) is 14.9. The van der Waals surface area contributed by atoms with E-state index in [0.717, 1.165) is 10.0 Å². The Morgan fingerprint density at radius 3 is 2.60 bits per heavy atom. The Morgan fingerprint density at radius 2 is 1.80 bits per heavy atom. The van der Waals surface area contributed by atoms with E-state index in [1.807, 2.05) is 18.2 Å². The second kappa shape index (κ2) is 5.42. The molecule has 0 aliphatic carbocycles. The lowest BCUT2D eigenvalue weighted by Crippen LogP contribution is -2.17. The van der Waals surface area contributed by atoms with Gasteiger partial charge in [-0.3, -0.25) is 0 Å². The van der Waals surface area contributed by atoms with Crippen molar-refractivity contribution < 1.29 is 13.9 Å². The molecular weight excluding hydrogens is 325 g/mol. The highest BCUT2D eigenvalue weighted by Gasteiger charge is 2.17. The van der Waals surface area contributed by atoms with Gasteiger partial charge in [0.15, 0.2) is 11.5 Å². The number of benzene rings is 2. The van der Waals surface area contributed by atoms with E-state index >= 15 is 0 Å². The van der Waals surface area contributed by atoms with Gasteiger partial charge in [0.2, 0.25) is 0 Å². The van der Waals surface area contributed by atoms with Crippen LogP contribution in [0, 0.1) is 5.82 Å².